The third-order valence-corrected chi connectivity index (χ3v) is 7.28. The van der Waals surface area contributed by atoms with Gasteiger partial charge in [0.2, 0.25) is 0 Å². The summed E-state index contributed by atoms with van der Waals surface area (Å²) in [7, 11) is -1.92. The van der Waals surface area contributed by atoms with Crippen LogP contribution >= 0.6 is 0 Å². The number of benzene rings is 1. The van der Waals surface area contributed by atoms with Crippen LogP contribution < -0.4 is 10.1 Å². The normalized spacial score (nSPS) is 26.7. The molecule has 1 aliphatic rings. The van der Waals surface area contributed by atoms with Crippen molar-refractivity contribution in [1.82, 2.24) is 4.98 Å². The Morgan fingerprint density at radius 2 is 1.97 bits per heavy atom. The number of pyridine rings is 1. The second kappa shape index (κ2) is 8.81. The summed E-state index contributed by atoms with van der Waals surface area (Å²) in [5.74, 6) is -3.82. The van der Waals surface area contributed by atoms with Gasteiger partial charge in [-0.15, -0.1) is 0 Å². The molecule has 2 aromatic rings. The Kier molecular flexibility index (Phi) is 6.70. The molecule has 0 radical (unpaired) electrons. The summed E-state index contributed by atoms with van der Waals surface area (Å²) in [6, 6.07) is 4.97. The molecule has 7 nitrogen and oxygen atoms in total. The lowest BCUT2D eigenvalue weighted by Crippen LogP contribution is -2.47. The molecule has 0 saturated carbocycles. The molecule has 34 heavy (non-hydrogen) atoms. The minimum atomic E-state index is -4.80. The van der Waals surface area contributed by atoms with Gasteiger partial charge in [0.25, 0.3) is 5.91 Å². The van der Waals surface area contributed by atoms with Crippen molar-refractivity contribution in [3.63, 3.8) is 0 Å². The second-order valence-electron chi connectivity index (χ2n) is 8.47. The molecule has 1 aromatic carbocycles. The van der Waals surface area contributed by atoms with Crippen LogP contribution in [0.5, 0.6) is 5.75 Å². The topological polar surface area (TPSA) is 101 Å². The van der Waals surface area contributed by atoms with Gasteiger partial charge in [0, 0.05) is 41.1 Å². The van der Waals surface area contributed by atoms with Gasteiger partial charge in [0.1, 0.15) is 22.7 Å². The van der Waals surface area contributed by atoms with Crippen LogP contribution in [0.1, 0.15) is 30.9 Å². The van der Waals surface area contributed by atoms with Crippen molar-refractivity contribution in [3.05, 3.63) is 47.4 Å². The summed E-state index contributed by atoms with van der Waals surface area (Å²) in [5, 5.41) is 2.38. The summed E-state index contributed by atoms with van der Waals surface area (Å²) in [6.45, 7) is 3.62. The predicted molar refractivity (Wildman–Crippen MR) is 117 cm³/mol. The fourth-order valence-electron chi connectivity index (χ4n) is 4.16. The molecule has 1 aliphatic heterocycles. The Hall–Kier alpha value is -2.73. The van der Waals surface area contributed by atoms with Gasteiger partial charge in [0.05, 0.1) is 16.8 Å². The molecule has 1 aromatic heterocycles. The average molecular weight is 504 g/mol. The van der Waals surface area contributed by atoms with Crippen LogP contribution in [-0.2, 0) is 19.3 Å². The first-order valence-electron chi connectivity index (χ1n) is 10.2. The third-order valence-electron chi connectivity index (χ3n) is 6.26. The van der Waals surface area contributed by atoms with Crippen LogP contribution in [-0.4, -0.2) is 46.3 Å². The standard InChI is InChI=1S/C22H25F4N3O4S/c1-11-15(23)7-6-14(18(11)32-4)17-12(2)21(3,22(24,25)26)33-19(17)20(30)29-13-8-9-28-16(10-13)34(5,27)31/h6-10,12,17,19,27H,1-5H3,(H,28,29,30)/t12-,17-,19+,21+,34-/m0/s1. The summed E-state index contributed by atoms with van der Waals surface area (Å²) >= 11 is 0. The van der Waals surface area contributed by atoms with Crippen LogP contribution in [0.4, 0.5) is 23.2 Å². The summed E-state index contributed by atoms with van der Waals surface area (Å²) in [4.78, 5) is 17.1. The molecule has 186 valence electrons. The van der Waals surface area contributed by atoms with Gasteiger partial charge in [-0.05, 0) is 32.0 Å². The zero-order valence-corrected chi connectivity index (χ0v) is 19.9. The number of nitrogens with one attached hydrogen (secondary N) is 2. The van der Waals surface area contributed by atoms with E-state index in [1.54, 1.807) is 0 Å². The summed E-state index contributed by atoms with van der Waals surface area (Å²) in [6.07, 6.45) is -4.04. The number of amides is 1. The number of carbonyl (C=O) groups excluding carboxylic acids is 1. The summed E-state index contributed by atoms with van der Waals surface area (Å²) in [5.41, 5.74) is -2.27. The lowest BCUT2D eigenvalue weighted by atomic mass is 9.76. The van der Waals surface area contributed by atoms with E-state index in [1.807, 2.05) is 0 Å². The molecule has 1 fully saturated rings. The van der Waals surface area contributed by atoms with Gasteiger partial charge >= 0.3 is 6.18 Å². The number of ether oxygens (including phenoxy) is 2. The molecule has 1 saturated heterocycles. The highest BCUT2D eigenvalue weighted by atomic mass is 32.2. The average Bonchev–Trinajstić information content (AvgIpc) is 3.01. The minimum Gasteiger partial charge on any atom is -0.496 e. The van der Waals surface area contributed by atoms with E-state index < -0.39 is 51.2 Å². The van der Waals surface area contributed by atoms with E-state index in [1.165, 1.54) is 45.4 Å². The lowest BCUT2D eigenvalue weighted by molar-refractivity contribution is -0.272. The Balaban J connectivity index is 2.08. The summed E-state index contributed by atoms with van der Waals surface area (Å²) < 4.78 is 86.6. The predicted octanol–water partition coefficient (Wildman–Crippen LogP) is 4.65. The maximum Gasteiger partial charge on any atom is 0.417 e. The smallest absolute Gasteiger partial charge is 0.417 e. The van der Waals surface area contributed by atoms with Crippen molar-refractivity contribution < 1.29 is 36.0 Å². The van der Waals surface area contributed by atoms with E-state index in [0.29, 0.717) is 0 Å². The quantitative estimate of drug-likeness (QED) is 0.579. The van der Waals surface area contributed by atoms with Gasteiger partial charge in [-0.25, -0.2) is 18.4 Å². The highest BCUT2D eigenvalue weighted by Gasteiger charge is 2.65. The van der Waals surface area contributed by atoms with Crippen molar-refractivity contribution in [1.29, 1.82) is 4.78 Å². The van der Waals surface area contributed by atoms with Crippen molar-refractivity contribution in [2.75, 3.05) is 18.7 Å². The fourth-order valence-corrected chi connectivity index (χ4v) is 4.77. The van der Waals surface area contributed by atoms with Gasteiger partial charge in [-0.1, -0.05) is 13.0 Å². The molecular formula is C22H25F4N3O4S. The first kappa shape index (κ1) is 25.9. The zero-order chi connectivity index (χ0) is 25.6. The Bertz CT molecular complexity index is 1220. The van der Waals surface area contributed by atoms with E-state index in [9.17, 15) is 26.6 Å². The maximum absolute atomic E-state index is 14.1. The fraction of sp³-hybridized carbons (Fsp3) is 0.455. The van der Waals surface area contributed by atoms with E-state index in [0.717, 1.165) is 19.2 Å². The highest BCUT2D eigenvalue weighted by Crippen LogP contribution is 2.55. The Labute approximate surface area is 194 Å². The molecule has 2 N–H and O–H groups in total. The number of aromatic nitrogens is 1. The number of hydrogen-bond donors (Lipinski definition) is 2. The molecule has 2 heterocycles. The number of rotatable bonds is 5. The Morgan fingerprint density at radius 1 is 1.32 bits per heavy atom. The number of hydrogen-bond acceptors (Lipinski definition) is 6. The number of halogens is 4. The number of methoxy groups -OCH3 is 1. The number of carbonyl (C=O) groups is 1. The van der Waals surface area contributed by atoms with Crippen LogP contribution in [0.2, 0.25) is 0 Å². The van der Waals surface area contributed by atoms with E-state index in [4.69, 9.17) is 14.3 Å². The van der Waals surface area contributed by atoms with Crippen LogP contribution in [0, 0.1) is 23.4 Å². The van der Waals surface area contributed by atoms with Gasteiger partial charge in [0.15, 0.2) is 5.60 Å². The van der Waals surface area contributed by atoms with Crippen molar-refractivity contribution in [2.45, 2.75) is 49.6 Å². The monoisotopic (exact) mass is 503 g/mol. The number of alkyl halides is 3. The molecule has 5 atom stereocenters. The van der Waals surface area contributed by atoms with Gasteiger partial charge < -0.3 is 14.8 Å². The number of nitrogens with zero attached hydrogens (tertiary/aromatic N) is 1. The molecule has 0 spiro atoms. The first-order chi connectivity index (χ1) is 15.6. The van der Waals surface area contributed by atoms with E-state index in [-0.39, 0.29) is 27.6 Å². The maximum atomic E-state index is 14.1. The molecule has 0 bridgehead atoms. The van der Waals surface area contributed by atoms with Crippen molar-refractivity contribution >= 4 is 21.3 Å². The van der Waals surface area contributed by atoms with Crippen LogP contribution in [0.15, 0.2) is 35.5 Å². The highest BCUT2D eigenvalue weighted by molar-refractivity contribution is 7.91. The second-order valence-corrected chi connectivity index (χ2v) is 10.6. The first-order valence-corrected chi connectivity index (χ1v) is 12.2. The van der Waals surface area contributed by atoms with Crippen molar-refractivity contribution in [3.8, 4) is 5.75 Å². The van der Waals surface area contributed by atoms with E-state index in [2.05, 4.69) is 10.3 Å². The third kappa shape index (κ3) is 4.48. The van der Waals surface area contributed by atoms with Gasteiger partial charge in [-0.2, -0.15) is 13.2 Å². The van der Waals surface area contributed by atoms with Crippen molar-refractivity contribution in [2.24, 2.45) is 5.92 Å². The van der Waals surface area contributed by atoms with Crippen LogP contribution in [0.3, 0.4) is 0 Å². The SMILES string of the molecule is COc1c([C@H]2[C@H](C(=O)Nc3ccnc([S@@](C)(=N)=O)c3)O[C@@](C)(C(F)(F)F)[C@H]2C)ccc(F)c1C. The molecular weight excluding hydrogens is 478 g/mol. The molecule has 3 rings (SSSR count). The molecule has 1 amide bonds. The van der Waals surface area contributed by atoms with Gasteiger partial charge in [-0.3, -0.25) is 4.79 Å². The largest absolute Gasteiger partial charge is 0.496 e. The molecule has 0 unspecified atom stereocenters. The zero-order valence-electron chi connectivity index (χ0n) is 19.1. The molecule has 0 aliphatic carbocycles. The Morgan fingerprint density at radius 3 is 2.53 bits per heavy atom. The molecule has 12 heteroatoms. The minimum absolute atomic E-state index is 0.0378. The van der Waals surface area contributed by atoms with Crippen LogP contribution in [0.25, 0.3) is 0 Å². The lowest BCUT2D eigenvalue weighted by Gasteiger charge is -2.32. The number of anilines is 1. The van der Waals surface area contributed by atoms with E-state index >= 15 is 0 Å².